The van der Waals surface area contributed by atoms with Crippen molar-refractivity contribution in [3.63, 3.8) is 0 Å². The average Bonchev–Trinajstić information content (AvgIpc) is 2.96. The minimum atomic E-state index is 0.113. The number of nitrogens with zero attached hydrogens (tertiary/aromatic N) is 1. The van der Waals surface area contributed by atoms with Gasteiger partial charge in [0.05, 0.1) is 11.6 Å². The molecule has 0 amide bonds. The van der Waals surface area contributed by atoms with E-state index in [1.165, 1.54) is 18.4 Å². The van der Waals surface area contributed by atoms with E-state index in [2.05, 4.69) is 11.1 Å². The second-order valence-electron chi connectivity index (χ2n) is 4.75. The summed E-state index contributed by atoms with van der Waals surface area (Å²) in [6.07, 6.45) is 7.13. The van der Waals surface area contributed by atoms with E-state index in [0.717, 1.165) is 25.0 Å². The van der Waals surface area contributed by atoms with Crippen molar-refractivity contribution in [2.45, 2.75) is 38.0 Å². The summed E-state index contributed by atoms with van der Waals surface area (Å²) in [7, 11) is 0. The molecule has 3 rings (SSSR count). The summed E-state index contributed by atoms with van der Waals surface area (Å²) in [5.74, 6) is 1.24. The molecule has 15 heavy (non-hydrogen) atoms. The molecule has 2 nitrogen and oxygen atoms in total. The van der Waals surface area contributed by atoms with Gasteiger partial charge in [0.1, 0.15) is 5.78 Å². The molecule has 0 spiro atoms. The second kappa shape index (κ2) is 3.44. The van der Waals surface area contributed by atoms with Crippen molar-refractivity contribution in [3.8, 4) is 0 Å². The van der Waals surface area contributed by atoms with E-state index in [9.17, 15) is 4.79 Å². The normalized spacial score (nSPS) is 23.9. The first-order chi connectivity index (χ1) is 7.34. The predicted octanol–water partition coefficient (Wildman–Crippen LogP) is 2.48. The molecule has 1 aromatic heterocycles. The molecule has 1 atom stereocenters. The number of aryl methyl sites for hydroxylation is 1. The summed E-state index contributed by atoms with van der Waals surface area (Å²) in [5.41, 5.74) is 2.34. The van der Waals surface area contributed by atoms with Crippen molar-refractivity contribution in [2.75, 3.05) is 0 Å². The van der Waals surface area contributed by atoms with Crippen LogP contribution in [0.25, 0.3) is 0 Å². The number of hydrogen-bond donors (Lipinski definition) is 0. The zero-order valence-corrected chi connectivity index (χ0v) is 8.78. The molecule has 1 saturated carbocycles. The minimum absolute atomic E-state index is 0.113. The topological polar surface area (TPSA) is 30.0 Å². The second-order valence-corrected chi connectivity index (χ2v) is 4.75. The van der Waals surface area contributed by atoms with Crippen molar-refractivity contribution >= 4 is 5.78 Å². The zero-order valence-electron chi connectivity index (χ0n) is 8.78. The largest absolute Gasteiger partial charge is 0.299 e. The van der Waals surface area contributed by atoms with Crippen molar-refractivity contribution < 1.29 is 4.79 Å². The summed E-state index contributed by atoms with van der Waals surface area (Å²) in [6, 6.07) is 4.07. The molecule has 0 saturated heterocycles. The molecule has 0 bridgehead atoms. The van der Waals surface area contributed by atoms with Gasteiger partial charge in [0, 0.05) is 12.6 Å². The molecular weight excluding hydrogens is 186 g/mol. The van der Waals surface area contributed by atoms with Gasteiger partial charge >= 0.3 is 0 Å². The van der Waals surface area contributed by atoms with Crippen LogP contribution >= 0.6 is 0 Å². The molecule has 0 aliphatic heterocycles. The Hall–Kier alpha value is -1.18. The van der Waals surface area contributed by atoms with Gasteiger partial charge in [-0.15, -0.1) is 0 Å². The molecule has 2 heteroatoms. The molecule has 2 aliphatic carbocycles. The Morgan fingerprint density at radius 3 is 3.07 bits per heavy atom. The maximum atomic E-state index is 12.0. The molecule has 2 aliphatic rings. The lowest BCUT2D eigenvalue weighted by atomic mass is 9.97. The van der Waals surface area contributed by atoms with Crippen LogP contribution in [0.5, 0.6) is 0 Å². The van der Waals surface area contributed by atoms with Crippen molar-refractivity contribution in [1.82, 2.24) is 4.98 Å². The molecular formula is C13H15NO. The highest BCUT2D eigenvalue weighted by atomic mass is 16.1. The minimum Gasteiger partial charge on any atom is -0.299 e. The highest BCUT2D eigenvalue weighted by Crippen LogP contribution is 2.38. The fourth-order valence-corrected chi connectivity index (χ4v) is 2.47. The van der Waals surface area contributed by atoms with Crippen LogP contribution in [-0.2, 0) is 11.2 Å². The number of Topliss-reactive ketones (excluding diaryl/α,β-unsaturated/α-hetero) is 1. The third-order valence-electron chi connectivity index (χ3n) is 3.53. The molecule has 1 aromatic rings. The summed E-state index contributed by atoms with van der Waals surface area (Å²) in [6.45, 7) is 0. The average molecular weight is 201 g/mol. The first-order valence-electron chi connectivity index (χ1n) is 5.81. The number of hydrogen-bond acceptors (Lipinski definition) is 2. The molecule has 1 unspecified atom stereocenters. The molecule has 1 fully saturated rings. The van der Waals surface area contributed by atoms with Crippen LogP contribution in [0.4, 0.5) is 0 Å². The highest BCUT2D eigenvalue weighted by molar-refractivity contribution is 5.86. The van der Waals surface area contributed by atoms with Gasteiger partial charge < -0.3 is 0 Å². The molecule has 78 valence electrons. The summed E-state index contributed by atoms with van der Waals surface area (Å²) in [4.78, 5) is 16.4. The Balaban J connectivity index is 1.80. The maximum Gasteiger partial charge on any atom is 0.142 e. The van der Waals surface area contributed by atoms with Gasteiger partial charge in [-0.3, -0.25) is 9.78 Å². The number of carbonyl (C=O) groups excluding carboxylic acids is 1. The molecule has 0 N–H and O–H groups in total. The van der Waals surface area contributed by atoms with E-state index >= 15 is 0 Å². The fraction of sp³-hybridized carbons (Fsp3) is 0.538. The van der Waals surface area contributed by atoms with Gasteiger partial charge in [-0.05, 0) is 43.2 Å². The van der Waals surface area contributed by atoms with Crippen molar-refractivity contribution in [2.24, 2.45) is 5.92 Å². The van der Waals surface area contributed by atoms with Crippen LogP contribution in [0.15, 0.2) is 18.3 Å². The van der Waals surface area contributed by atoms with Gasteiger partial charge in [0.2, 0.25) is 0 Å². The molecule has 0 aromatic carbocycles. The fourth-order valence-electron chi connectivity index (χ4n) is 2.47. The Morgan fingerprint density at radius 2 is 2.27 bits per heavy atom. The molecule has 0 radical (unpaired) electrons. The summed E-state index contributed by atoms with van der Waals surface area (Å²) < 4.78 is 0. The van der Waals surface area contributed by atoms with Gasteiger partial charge in [-0.1, -0.05) is 6.07 Å². The first kappa shape index (κ1) is 9.08. The van der Waals surface area contributed by atoms with E-state index < -0.39 is 0 Å². The van der Waals surface area contributed by atoms with E-state index in [0.29, 0.717) is 11.7 Å². The zero-order chi connectivity index (χ0) is 10.3. The summed E-state index contributed by atoms with van der Waals surface area (Å²) in [5, 5.41) is 0. The predicted molar refractivity (Wildman–Crippen MR) is 57.6 cm³/mol. The quantitative estimate of drug-likeness (QED) is 0.752. The number of fused-ring (bicyclic) bond motifs is 1. The SMILES string of the molecule is O=C(CC1CC1)C1CCc2cccnc21. The lowest BCUT2D eigenvalue weighted by Crippen LogP contribution is -2.11. The highest BCUT2D eigenvalue weighted by Gasteiger charge is 2.33. The Morgan fingerprint density at radius 1 is 1.40 bits per heavy atom. The number of carbonyl (C=O) groups is 1. The standard InChI is InChI=1S/C13H15NO/c15-12(8-9-3-4-9)11-6-5-10-2-1-7-14-13(10)11/h1-2,7,9,11H,3-6,8H2. The Bertz CT molecular complexity index is 395. The van der Waals surface area contributed by atoms with E-state index in [1.54, 1.807) is 0 Å². The van der Waals surface area contributed by atoms with Gasteiger partial charge in [-0.2, -0.15) is 0 Å². The maximum absolute atomic E-state index is 12.0. The van der Waals surface area contributed by atoms with Crippen LogP contribution in [0.1, 0.15) is 42.9 Å². The van der Waals surface area contributed by atoms with Crippen LogP contribution in [0.3, 0.4) is 0 Å². The van der Waals surface area contributed by atoms with Crippen LogP contribution < -0.4 is 0 Å². The van der Waals surface area contributed by atoms with Gasteiger partial charge in [-0.25, -0.2) is 0 Å². The van der Waals surface area contributed by atoms with Crippen LogP contribution in [0, 0.1) is 5.92 Å². The smallest absolute Gasteiger partial charge is 0.142 e. The Kier molecular flexibility index (Phi) is 2.08. The van der Waals surface area contributed by atoms with Crippen LogP contribution in [0.2, 0.25) is 0 Å². The van der Waals surface area contributed by atoms with E-state index in [4.69, 9.17) is 0 Å². The molecule has 1 heterocycles. The lowest BCUT2D eigenvalue weighted by Gasteiger charge is -2.08. The lowest BCUT2D eigenvalue weighted by molar-refractivity contribution is -0.120. The van der Waals surface area contributed by atoms with Gasteiger partial charge in [0.15, 0.2) is 0 Å². The number of aromatic nitrogens is 1. The third kappa shape index (κ3) is 1.69. The van der Waals surface area contributed by atoms with Crippen molar-refractivity contribution in [3.05, 3.63) is 29.6 Å². The van der Waals surface area contributed by atoms with Crippen molar-refractivity contribution in [1.29, 1.82) is 0 Å². The third-order valence-corrected chi connectivity index (χ3v) is 3.53. The van der Waals surface area contributed by atoms with E-state index in [1.807, 2.05) is 12.3 Å². The summed E-state index contributed by atoms with van der Waals surface area (Å²) >= 11 is 0. The number of ketones is 1. The Labute approximate surface area is 89.7 Å². The van der Waals surface area contributed by atoms with E-state index in [-0.39, 0.29) is 5.92 Å². The number of pyridine rings is 1. The number of rotatable bonds is 3. The van der Waals surface area contributed by atoms with Crippen LogP contribution in [-0.4, -0.2) is 10.8 Å². The first-order valence-corrected chi connectivity index (χ1v) is 5.81. The monoisotopic (exact) mass is 201 g/mol. The van der Waals surface area contributed by atoms with Gasteiger partial charge in [0.25, 0.3) is 0 Å².